The summed E-state index contributed by atoms with van der Waals surface area (Å²) in [4.78, 5) is 0. The van der Waals surface area contributed by atoms with Gasteiger partial charge in [-0.3, -0.25) is 4.68 Å². The number of hydrogen-bond acceptors (Lipinski definition) is 3. The predicted molar refractivity (Wildman–Crippen MR) is 71.5 cm³/mol. The van der Waals surface area contributed by atoms with Gasteiger partial charge < -0.3 is 10.5 Å². The van der Waals surface area contributed by atoms with E-state index in [-0.39, 0.29) is 6.04 Å². The molecule has 1 atom stereocenters. The maximum absolute atomic E-state index is 6.19. The van der Waals surface area contributed by atoms with E-state index < -0.39 is 0 Å². The van der Waals surface area contributed by atoms with Crippen LogP contribution in [0, 0.1) is 0 Å². The third-order valence-electron chi connectivity index (χ3n) is 2.80. The zero-order chi connectivity index (χ0) is 13.0. The molecule has 0 spiro atoms. The number of aromatic nitrogens is 2. The summed E-state index contributed by atoms with van der Waals surface area (Å²) in [5.74, 6) is 0.888. The van der Waals surface area contributed by atoms with Crippen molar-refractivity contribution in [1.82, 2.24) is 9.78 Å². The molecule has 1 unspecified atom stereocenters. The van der Waals surface area contributed by atoms with Gasteiger partial charge >= 0.3 is 0 Å². The molecule has 2 rings (SSSR count). The molecule has 96 valence electrons. The van der Waals surface area contributed by atoms with Crippen molar-refractivity contribution >= 4 is 0 Å². The van der Waals surface area contributed by atoms with Crippen molar-refractivity contribution in [2.24, 2.45) is 12.8 Å². The quantitative estimate of drug-likeness (QED) is 0.879. The maximum atomic E-state index is 6.19. The van der Waals surface area contributed by atoms with Gasteiger partial charge in [-0.2, -0.15) is 5.10 Å². The van der Waals surface area contributed by atoms with Crippen LogP contribution < -0.4 is 10.5 Å². The Balaban J connectivity index is 2.09. The Morgan fingerprint density at radius 2 is 2.00 bits per heavy atom. The molecule has 2 N–H and O–H groups in total. The summed E-state index contributed by atoms with van der Waals surface area (Å²) in [6.45, 7) is 2.83. The van der Waals surface area contributed by atoms with Crippen LogP contribution in [0.2, 0.25) is 0 Å². The molecular weight excluding hydrogens is 226 g/mol. The molecule has 1 heterocycles. The number of benzene rings is 1. The Morgan fingerprint density at radius 1 is 1.28 bits per heavy atom. The fourth-order valence-corrected chi connectivity index (χ4v) is 1.78. The van der Waals surface area contributed by atoms with E-state index in [1.807, 2.05) is 37.5 Å². The van der Waals surface area contributed by atoms with E-state index in [9.17, 15) is 0 Å². The Hall–Kier alpha value is -1.81. The molecule has 0 saturated carbocycles. The summed E-state index contributed by atoms with van der Waals surface area (Å²) in [6, 6.07) is 7.78. The maximum Gasteiger partial charge on any atom is 0.119 e. The predicted octanol–water partition coefficient (Wildman–Crippen LogP) is 2.26. The molecule has 0 saturated heterocycles. The van der Waals surface area contributed by atoms with E-state index in [0.29, 0.717) is 0 Å². The average molecular weight is 245 g/mol. The van der Waals surface area contributed by atoms with Crippen molar-refractivity contribution < 1.29 is 4.74 Å². The molecule has 0 bridgehead atoms. The zero-order valence-corrected chi connectivity index (χ0v) is 10.8. The average Bonchev–Trinajstić information content (AvgIpc) is 2.83. The van der Waals surface area contributed by atoms with Gasteiger partial charge in [0.05, 0.1) is 18.8 Å². The van der Waals surface area contributed by atoms with Gasteiger partial charge in [0.15, 0.2) is 0 Å². The van der Waals surface area contributed by atoms with Crippen LogP contribution in [0.3, 0.4) is 0 Å². The van der Waals surface area contributed by atoms with Gasteiger partial charge in [0.25, 0.3) is 0 Å². The van der Waals surface area contributed by atoms with Crippen molar-refractivity contribution in [2.75, 3.05) is 6.61 Å². The molecule has 0 fully saturated rings. The summed E-state index contributed by atoms with van der Waals surface area (Å²) in [6.07, 6.45) is 4.75. The van der Waals surface area contributed by atoms with Crippen molar-refractivity contribution in [3.05, 3.63) is 47.8 Å². The van der Waals surface area contributed by atoms with Crippen molar-refractivity contribution in [3.8, 4) is 5.75 Å². The summed E-state index contributed by atoms with van der Waals surface area (Å²) < 4.78 is 7.30. The molecule has 0 amide bonds. The second-order valence-electron chi connectivity index (χ2n) is 4.34. The molecule has 0 radical (unpaired) electrons. The first kappa shape index (κ1) is 12.6. The molecule has 2 aromatic rings. The number of hydrogen-bond donors (Lipinski definition) is 1. The van der Waals surface area contributed by atoms with Crippen LogP contribution in [0.25, 0.3) is 0 Å². The van der Waals surface area contributed by atoms with Gasteiger partial charge in [0, 0.05) is 18.8 Å². The molecule has 1 aromatic carbocycles. The van der Waals surface area contributed by atoms with Gasteiger partial charge in [-0.05, 0) is 24.1 Å². The Kier molecular flexibility index (Phi) is 3.99. The highest BCUT2D eigenvalue weighted by molar-refractivity contribution is 5.33. The largest absolute Gasteiger partial charge is 0.494 e. The van der Waals surface area contributed by atoms with Crippen LogP contribution in [0.4, 0.5) is 0 Å². The molecule has 0 aliphatic heterocycles. The van der Waals surface area contributed by atoms with Gasteiger partial charge in [-0.15, -0.1) is 0 Å². The Bertz CT molecular complexity index is 490. The summed E-state index contributed by atoms with van der Waals surface area (Å²) >= 11 is 0. The van der Waals surface area contributed by atoms with Crippen LogP contribution >= 0.6 is 0 Å². The summed E-state index contributed by atoms with van der Waals surface area (Å²) in [5, 5.41) is 4.13. The van der Waals surface area contributed by atoms with Crippen LogP contribution in [-0.4, -0.2) is 16.4 Å². The lowest BCUT2D eigenvalue weighted by Crippen LogP contribution is -2.11. The highest BCUT2D eigenvalue weighted by Gasteiger charge is 2.10. The van der Waals surface area contributed by atoms with E-state index in [2.05, 4.69) is 12.0 Å². The van der Waals surface area contributed by atoms with E-state index in [0.717, 1.165) is 29.9 Å². The first-order valence-corrected chi connectivity index (χ1v) is 6.17. The molecule has 4 heteroatoms. The van der Waals surface area contributed by atoms with Gasteiger partial charge in [-0.1, -0.05) is 19.1 Å². The zero-order valence-electron chi connectivity index (χ0n) is 10.8. The topological polar surface area (TPSA) is 53.1 Å². The van der Waals surface area contributed by atoms with E-state index in [1.165, 1.54) is 0 Å². The standard InChI is InChI=1S/C14H19N3O/c1-3-8-18-13-6-4-11(5-7-13)14(15)12-9-16-17(2)10-12/h4-7,9-10,14H,3,8,15H2,1-2H3. The van der Waals surface area contributed by atoms with Gasteiger partial charge in [0.2, 0.25) is 0 Å². The number of nitrogens with two attached hydrogens (primary N) is 1. The van der Waals surface area contributed by atoms with Crippen LogP contribution in [0.1, 0.15) is 30.5 Å². The third kappa shape index (κ3) is 2.90. The first-order chi connectivity index (χ1) is 8.70. The number of nitrogens with zero attached hydrogens (tertiary/aromatic N) is 2. The second kappa shape index (κ2) is 5.69. The SMILES string of the molecule is CCCOc1ccc(C(N)c2cnn(C)c2)cc1. The monoisotopic (exact) mass is 245 g/mol. The molecule has 0 aliphatic rings. The van der Waals surface area contributed by atoms with Crippen LogP contribution in [0.5, 0.6) is 5.75 Å². The minimum absolute atomic E-state index is 0.140. The molecule has 18 heavy (non-hydrogen) atoms. The van der Waals surface area contributed by atoms with E-state index in [1.54, 1.807) is 10.9 Å². The minimum Gasteiger partial charge on any atom is -0.494 e. The molecule has 1 aromatic heterocycles. The highest BCUT2D eigenvalue weighted by Crippen LogP contribution is 2.21. The lowest BCUT2D eigenvalue weighted by atomic mass is 10.0. The van der Waals surface area contributed by atoms with Gasteiger partial charge in [0.1, 0.15) is 5.75 Å². The second-order valence-corrected chi connectivity index (χ2v) is 4.34. The third-order valence-corrected chi connectivity index (χ3v) is 2.80. The Labute approximate surface area is 107 Å². The molecule has 0 aliphatic carbocycles. The molecule has 4 nitrogen and oxygen atoms in total. The lowest BCUT2D eigenvalue weighted by Gasteiger charge is -2.11. The number of ether oxygens (including phenoxy) is 1. The summed E-state index contributed by atoms with van der Waals surface area (Å²) in [7, 11) is 1.89. The van der Waals surface area contributed by atoms with Crippen molar-refractivity contribution in [3.63, 3.8) is 0 Å². The number of aryl methyl sites for hydroxylation is 1. The van der Waals surface area contributed by atoms with Crippen molar-refractivity contribution in [1.29, 1.82) is 0 Å². The van der Waals surface area contributed by atoms with Crippen LogP contribution in [-0.2, 0) is 7.05 Å². The fraction of sp³-hybridized carbons (Fsp3) is 0.357. The van der Waals surface area contributed by atoms with Crippen LogP contribution in [0.15, 0.2) is 36.7 Å². The molecular formula is C14H19N3O. The fourth-order valence-electron chi connectivity index (χ4n) is 1.78. The Morgan fingerprint density at radius 3 is 2.56 bits per heavy atom. The lowest BCUT2D eigenvalue weighted by molar-refractivity contribution is 0.317. The first-order valence-electron chi connectivity index (χ1n) is 6.17. The highest BCUT2D eigenvalue weighted by atomic mass is 16.5. The minimum atomic E-state index is -0.140. The normalized spacial score (nSPS) is 12.4. The van der Waals surface area contributed by atoms with Gasteiger partial charge in [-0.25, -0.2) is 0 Å². The van der Waals surface area contributed by atoms with Crippen molar-refractivity contribution in [2.45, 2.75) is 19.4 Å². The number of rotatable bonds is 5. The van der Waals surface area contributed by atoms with E-state index >= 15 is 0 Å². The van der Waals surface area contributed by atoms with E-state index in [4.69, 9.17) is 10.5 Å². The summed E-state index contributed by atoms with van der Waals surface area (Å²) in [5.41, 5.74) is 8.26. The smallest absolute Gasteiger partial charge is 0.119 e.